The zero-order valence-electron chi connectivity index (χ0n) is 10.4. The van der Waals surface area contributed by atoms with Crippen LogP contribution in [0.15, 0.2) is 0 Å². The highest BCUT2D eigenvalue weighted by atomic mass is 32.2. The third-order valence-corrected chi connectivity index (χ3v) is 5.57. The van der Waals surface area contributed by atoms with Gasteiger partial charge in [-0.3, -0.25) is 0 Å². The van der Waals surface area contributed by atoms with Crippen molar-refractivity contribution in [2.75, 3.05) is 32.1 Å². The van der Waals surface area contributed by atoms with Gasteiger partial charge in [-0.2, -0.15) is 4.31 Å². The minimum absolute atomic E-state index is 0.0302. The Hall–Kier alpha value is -0.170. The molecule has 2 heterocycles. The Kier molecular flexibility index (Phi) is 4.41. The monoisotopic (exact) mass is 262 g/mol. The van der Waals surface area contributed by atoms with Crippen molar-refractivity contribution in [1.82, 2.24) is 9.62 Å². The number of hydrogen-bond acceptors (Lipinski definition) is 4. The van der Waals surface area contributed by atoms with Crippen LogP contribution in [0.3, 0.4) is 0 Å². The van der Waals surface area contributed by atoms with E-state index in [0.29, 0.717) is 19.8 Å². The lowest BCUT2D eigenvalue weighted by molar-refractivity contribution is 0.0391. The summed E-state index contributed by atoms with van der Waals surface area (Å²) in [6, 6.07) is 0.0983. The van der Waals surface area contributed by atoms with E-state index in [9.17, 15) is 8.42 Å². The number of nitrogens with one attached hydrogen (secondary N) is 1. The van der Waals surface area contributed by atoms with Gasteiger partial charge in [-0.05, 0) is 26.3 Å². The molecule has 1 N–H and O–H groups in total. The van der Waals surface area contributed by atoms with Crippen molar-refractivity contribution in [3.05, 3.63) is 0 Å². The molecule has 100 valence electrons. The average Bonchev–Trinajstić information content (AvgIpc) is 2.30. The molecule has 0 spiro atoms. The Morgan fingerprint density at radius 2 is 2.24 bits per heavy atom. The van der Waals surface area contributed by atoms with E-state index in [2.05, 4.69) is 5.32 Å². The average molecular weight is 262 g/mol. The lowest BCUT2D eigenvalue weighted by Gasteiger charge is -2.34. The van der Waals surface area contributed by atoms with Crippen LogP contribution in [0.5, 0.6) is 0 Å². The predicted octanol–water partition coefficient (Wildman–Crippen LogP) is 0.179. The maximum Gasteiger partial charge on any atom is 0.216 e. The normalized spacial score (nSPS) is 32.5. The van der Waals surface area contributed by atoms with Crippen LogP contribution in [-0.2, 0) is 14.8 Å². The van der Waals surface area contributed by atoms with Crippen LogP contribution < -0.4 is 5.32 Å². The van der Waals surface area contributed by atoms with Gasteiger partial charge in [0.1, 0.15) is 0 Å². The number of ether oxygens (including phenoxy) is 1. The molecule has 2 aliphatic rings. The van der Waals surface area contributed by atoms with E-state index in [4.69, 9.17) is 4.74 Å². The first-order chi connectivity index (χ1) is 8.09. The van der Waals surface area contributed by atoms with Crippen molar-refractivity contribution in [2.24, 2.45) is 0 Å². The summed E-state index contributed by atoms with van der Waals surface area (Å²) in [5.74, 6) is 0.233. The molecule has 0 saturated carbocycles. The summed E-state index contributed by atoms with van der Waals surface area (Å²) >= 11 is 0. The van der Waals surface area contributed by atoms with Crippen LogP contribution in [0.4, 0.5) is 0 Å². The fourth-order valence-electron chi connectivity index (χ4n) is 2.54. The van der Waals surface area contributed by atoms with Gasteiger partial charge >= 0.3 is 0 Å². The highest BCUT2D eigenvalue weighted by Gasteiger charge is 2.32. The molecule has 2 atom stereocenters. The Bertz CT molecular complexity index is 339. The van der Waals surface area contributed by atoms with Gasteiger partial charge in [0.15, 0.2) is 0 Å². The van der Waals surface area contributed by atoms with E-state index in [1.54, 1.807) is 4.31 Å². The van der Waals surface area contributed by atoms with E-state index in [1.165, 1.54) is 0 Å². The van der Waals surface area contributed by atoms with Gasteiger partial charge in [0.05, 0.1) is 19.0 Å². The molecule has 0 aromatic carbocycles. The number of morpholine rings is 1. The van der Waals surface area contributed by atoms with Crippen molar-refractivity contribution < 1.29 is 13.2 Å². The van der Waals surface area contributed by atoms with Crippen molar-refractivity contribution in [3.8, 4) is 0 Å². The first-order valence-corrected chi connectivity index (χ1v) is 8.01. The maximum absolute atomic E-state index is 12.3. The zero-order valence-corrected chi connectivity index (χ0v) is 11.2. The van der Waals surface area contributed by atoms with Crippen molar-refractivity contribution >= 4 is 10.0 Å². The van der Waals surface area contributed by atoms with E-state index >= 15 is 0 Å². The van der Waals surface area contributed by atoms with Crippen LogP contribution >= 0.6 is 0 Å². The van der Waals surface area contributed by atoms with Crippen molar-refractivity contribution in [1.29, 1.82) is 0 Å². The molecule has 0 aliphatic carbocycles. The van der Waals surface area contributed by atoms with Crippen LogP contribution in [0.25, 0.3) is 0 Å². The summed E-state index contributed by atoms with van der Waals surface area (Å²) in [5, 5.41) is 3.29. The van der Waals surface area contributed by atoms with E-state index < -0.39 is 10.0 Å². The van der Waals surface area contributed by atoms with Crippen LogP contribution in [0, 0.1) is 0 Å². The standard InChI is InChI=1S/C11H22N2O3S/c1-10-8-16-7-6-13(10)17(14,15)9-11-4-2-3-5-12-11/h10-12H,2-9H2,1H3. The molecule has 2 aliphatic heterocycles. The molecular formula is C11H22N2O3S. The van der Waals surface area contributed by atoms with E-state index in [0.717, 1.165) is 25.8 Å². The molecule has 6 heteroatoms. The SMILES string of the molecule is CC1COCCN1S(=O)(=O)CC1CCCCN1. The summed E-state index contributed by atoms with van der Waals surface area (Å²) in [5.41, 5.74) is 0. The minimum Gasteiger partial charge on any atom is -0.378 e. The molecule has 2 saturated heterocycles. The fraction of sp³-hybridized carbons (Fsp3) is 1.00. The third kappa shape index (κ3) is 3.40. The van der Waals surface area contributed by atoms with Crippen LogP contribution in [0.2, 0.25) is 0 Å². The van der Waals surface area contributed by atoms with Crippen LogP contribution in [0.1, 0.15) is 26.2 Å². The first kappa shape index (κ1) is 13.3. The molecule has 2 fully saturated rings. The van der Waals surface area contributed by atoms with Crippen molar-refractivity contribution in [3.63, 3.8) is 0 Å². The number of hydrogen-bond donors (Lipinski definition) is 1. The Morgan fingerprint density at radius 3 is 2.88 bits per heavy atom. The summed E-state index contributed by atoms with van der Waals surface area (Å²) in [6.07, 6.45) is 3.26. The predicted molar refractivity (Wildman–Crippen MR) is 66.4 cm³/mol. The highest BCUT2D eigenvalue weighted by molar-refractivity contribution is 7.89. The van der Waals surface area contributed by atoms with Crippen molar-refractivity contribution in [2.45, 2.75) is 38.3 Å². The number of rotatable bonds is 3. The maximum atomic E-state index is 12.3. The molecule has 17 heavy (non-hydrogen) atoms. The topological polar surface area (TPSA) is 58.6 Å². The van der Waals surface area contributed by atoms with Gasteiger partial charge in [-0.1, -0.05) is 6.42 Å². The second-order valence-electron chi connectivity index (χ2n) is 4.96. The molecule has 5 nitrogen and oxygen atoms in total. The second-order valence-corrected chi connectivity index (χ2v) is 6.93. The molecule has 0 aromatic rings. The third-order valence-electron chi connectivity index (χ3n) is 3.49. The fourth-order valence-corrected chi connectivity index (χ4v) is 4.49. The van der Waals surface area contributed by atoms with E-state index in [1.807, 2.05) is 6.92 Å². The summed E-state index contributed by atoms with van der Waals surface area (Å²) < 4.78 is 31.5. The molecule has 2 unspecified atom stereocenters. The lowest BCUT2D eigenvalue weighted by atomic mass is 10.1. The summed E-state index contributed by atoms with van der Waals surface area (Å²) in [7, 11) is -3.14. The van der Waals surface area contributed by atoms with Gasteiger partial charge in [0.25, 0.3) is 0 Å². The molecular weight excluding hydrogens is 240 g/mol. The quantitative estimate of drug-likeness (QED) is 0.788. The highest BCUT2D eigenvalue weighted by Crippen LogP contribution is 2.16. The summed E-state index contributed by atoms with van der Waals surface area (Å²) in [4.78, 5) is 0. The summed E-state index contributed by atoms with van der Waals surface area (Å²) in [6.45, 7) is 4.37. The van der Waals surface area contributed by atoms with Gasteiger partial charge in [0, 0.05) is 18.6 Å². The molecule has 2 rings (SSSR count). The molecule has 0 aromatic heterocycles. The van der Waals surface area contributed by atoms with Gasteiger partial charge < -0.3 is 10.1 Å². The Balaban J connectivity index is 1.96. The lowest BCUT2D eigenvalue weighted by Crippen LogP contribution is -2.51. The minimum atomic E-state index is -3.14. The zero-order chi connectivity index (χ0) is 12.3. The number of piperidine rings is 1. The Labute approximate surface area is 104 Å². The van der Waals surface area contributed by atoms with Gasteiger partial charge in [0.2, 0.25) is 10.0 Å². The van der Waals surface area contributed by atoms with Crippen LogP contribution in [-0.4, -0.2) is 56.9 Å². The molecule has 0 radical (unpaired) electrons. The first-order valence-electron chi connectivity index (χ1n) is 6.40. The smallest absolute Gasteiger partial charge is 0.216 e. The molecule has 0 bridgehead atoms. The number of nitrogens with zero attached hydrogens (tertiary/aromatic N) is 1. The molecule has 0 amide bonds. The second kappa shape index (κ2) is 5.65. The largest absolute Gasteiger partial charge is 0.378 e. The van der Waals surface area contributed by atoms with E-state index in [-0.39, 0.29) is 17.8 Å². The van der Waals surface area contributed by atoms with Gasteiger partial charge in [-0.15, -0.1) is 0 Å². The number of sulfonamides is 1. The Morgan fingerprint density at radius 1 is 1.41 bits per heavy atom. The van der Waals surface area contributed by atoms with Gasteiger partial charge in [-0.25, -0.2) is 8.42 Å².